The molecule has 0 saturated heterocycles. The molecule has 0 aliphatic rings. The van der Waals surface area contributed by atoms with Crippen LogP contribution >= 0.6 is 0 Å². The molecule has 0 saturated carbocycles. The summed E-state index contributed by atoms with van der Waals surface area (Å²) in [6.45, 7) is 4.13. The minimum Gasteiger partial charge on any atom is -0.406 e. The van der Waals surface area contributed by atoms with Gasteiger partial charge in [0.25, 0.3) is 0 Å². The number of hydrogen-bond donors (Lipinski definition) is 0. The summed E-state index contributed by atoms with van der Waals surface area (Å²) in [7, 11) is 0. The van der Waals surface area contributed by atoms with Gasteiger partial charge < -0.3 is 14.2 Å². The van der Waals surface area contributed by atoms with Crippen molar-refractivity contribution < 1.29 is 32.2 Å². The van der Waals surface area contributed by atoms with Crippen LogP contribution in [0, 0.1) is 0 Å². The van der Waals surface area contributed by atoms with Crippen LogP contribution in [0.15, 0.2) is 24.3 Å². The van der Waals surface area contributed by atoms with Crippen LogP contribution < -0.4 is 4.74 Å². The number of halogens is 3. The van der Waals surface area contributed by atoms with Crippen LogP contribution in [-0.4, -0.2) is 31.6 Å². The Morgan fingerprint density at radius 2 is 1.62 bits per heavy atom. The third-order valence-electron chi connectivity index (χ3n) is 2.43. The maximum absolute atomic E-state index is 12.0. The van der Waals surface area contributed by atoms with Crippen molar-refractivity contribution in [2.75, 3.05) is 13.2 Å². The highest BCUT2D eigenvalue weighted by Crippen LogP contribution is 2.23. The summed E-state index contributed by atoms with van der Waals surface area (Å²) in [4.78, 5) is 11.9. The molecular weight excluding hydrogens is 289 g/mol. The van der Waals surface area contributed by atoms with Gasteiger partial charge in [0.05, 0.1) is 0 Å². The zero-order chi connectivity index (χ0) is 15.9. The zero-order valence-electron chi connectivity index (χ0n) is 11.8. The first-order valence-corrected chi connectivity index (χ1v) is 6.46. The van der Waals surface area contributed by atoms with E-state index in [0.29, 0.717) is 18.8 Å². The summed E-state index contributed by atoms with van der Waals surface area (Å²) in [6.07, 6.45) is -5.67. The predicted molar refractivity (Wildman–Crippen MR) is 68.9 cm³/mol. The molecule has 7 heteroatoms. The molecule has 4 nitrogen and oxygen atoms in total. The van der Waals surface area contributed by atoms with Crippen LogP contribution in [0.25, 0.3) is 0 Å². The van der Waals surface area contributed by atoms with Crippen LogP contribution in [0.4, 0.5) is 13.2 Å². The van der Waals surface area contributed by atoms with Crippen molar-refractivity contribution in [3.05, 3.63) is 29.8 Å². The van der Waals surface area contributed by atoms with Gasteiger partial charge in [0, 0.05) is 19.6 Å². The Balaban J connectivity index is 2.63. The average Bonchev–Trinajstić information content (AvgIpc) is 2.39. The summed E-state index contributed by atoms with van der Waals surface area (Å²) in [5.41, 5.74) is 0.555. The van der Waals surface area contributed by atoms with Gasteiger partial charge in [0.1, 0.15) is 5.75 Å². The van der Waals surface area contributed by atoms with Crippen molar-refractivity contribution in [3.8, 4) is 5.75 Å². The van der Waals surface area contributed by atoms with Crippen molar-refractivity contribution in [2.24, 2.45) is 0 Å². The van der Waals surface area contributed by atoms with Crippen molar-refractivity contribution >= 4 is 5.78 Å². The summed E-state index contributed by atoms with van der Waals surface area (Å²) in [5, 5.41) is 0. The van der Waals surface area contributed by atoms with Gasteiger partial charge >= 0.3 is 6.36 Å². The zero-order valence-corrected chi connectivity index (χ0v) is 11.8. The number of rotatable bonds is 8. The molecule has 0 aliphatic carbocycles. The fourth-order valence-corrected chi connectivity index (χ4v) is 1.63. The quantitative estimate of drug-likeness (QED) is 0.692. The van der Waals surface area contributed by atoms with E-state index in [1.54, 1.807) is 13.8 Å². The van der Waals surface area contributed by atoms with Crippen LogP contribution in [0.1, 0.15) is 19.4 Å². The molecule has 0 aromatic heterocycles. The van der Waals surface area contributed by atoms with E-state index in [0.717, 1.165) is 12.1 Å². The Hall–Kier alpha value is -1.60. The Bertz CT molecular complexity index is 437. The van der Waals surface area contributed by atoms with Gasteiger partial charge in [0.2, 0.25) is 6.29 Å². The van der Waals surface area contributed by atoms with Gasteiger partial charge in [-0.25, -0.2) is 0 Å². The standard InChI is InChI=1S/C14H17F3O4/c1-3-19-13(20-4-2)12(18)9-10-5-7-11(8-6-10)21-14(15,16)17/h5-8,13H,3-4,9H2,1-2H3. The summed E-state index contributed by atoms with van der Waals surface area (Å²) >= 11 is 0. The Labute approximate surface area is 120 Å². The van der Waals surface area contributed by atoms with Crippen LogP contribution in [0.2, 0.25) is 0 Å². The number of benzene rings is 1. The molecule has 0 radical (unpaired) electrons. The number of carbonyl (C=O) groups excluding carboxylic acids is 1. The van der Waals surface area contributed by atoms with Gasteiger partial charge in [-0.15, -0.1) is 13.2 Å². The lowest BCUT2D eigenvalue weighted by Crippen LogP contribution is -2.29. The van der Waals surface area contributed by atoms with E-state index in [1.165, 1.54) is 12.1 Å². The third kappa shape index (κ3) is 6.59. The maximum Gasteiger partial charge on any atom is 0.573 e. The summed E-state index contributed by atoms with van der Waals surface area (Å²) < 4.78 is 50.1. The molecule has 0 atom stereocenters. The number of Topliss-reactive ketones (excluding diaryl/α,β-unsaturated/α-hetero) is 1. The van der Waals surface area contributed by atoms with Crippen molar-refractivity contribution in [1.29, 1.82) is 0 Å². The average molecular weight is 306 g/mol. The molecule has 0 unspecified atom stereocenters. The molecule has 21 heavy (non-hydrogen) atoms. The lowest BCUT2D eigenvalue weighted by Gasteiger charge is -2.15. The highest BCUT2D eigenvalue weighted by molar-refractivity contribution is 5.84. The second-order valence-corrected chi connectivity index (χ2v) is 4.08. The van der Waals surface area contributed by atoms with Crippen LogP contribution in [-0.2, 0) is 20.7 Å². The molecule has 118 valence electrons. The maximum atomic E-state index is 12.0. The van der Waals surface area contributed by atoms with Crippen molar-refractivity contribution in [3.63, 3.8) is 0 Å². The predicted octanol–water partition coefficient (Wildman–Crippen LogP) is 3.10. The van der Waals surface area contributed by atoms with Crippen LogP contribution in [0.5, 0.6) is 5.75 Å². The largest absolute Gasteiger partial charge is 0.573 e. The Kier molecular flexibility index (Phi) is 6.64. The first-order chi connectivity index (χ1) is 9.85. The van der Waals surface area contributed by atoms with Gasteiger partial charge in [0.15, 0.2) is 5.78 Å². The van der Waals surface area contributed by atoms with E-state index < -0.39 is 12.7 Å². The minimum atomic E-state index is -4.73. The summed E-state index contributed by atoms with van der Waals surface area (Å²) in [5.74, 6) is -0.618. The minimum absolute atomic E-state index is 0.0109. The van der Waals surface area contributed by atoms with E-state index in [-0.39, 0.29) is 18.0 Å². The van der Waals surface area contributed by atoms with Crippen molar-refractivity contribution in [1.82, 2.24) is 0 Å². The molecule has 1 aromatic rings. The normalized spacial score (nSPS) is 11.7. The molecule has 0 bridgehead atoms. The highest BCUT2D eigenvalue weighted by atomic mass is 19.4. The molecule has 1 aromatic carbocycles. The molecular formula is C14H17F3O4. The molecule has 0 aliphatic heterocycles. The molecule has 1 rings (SSSR count). The van der Waals surface area contributed by atoms with Gasteiger partial charge in [-0.3, -0.25) is 4.79 Å². The molecule has 0 heterocycles. The molecule has 0 spiro atoms. The fraction of sp³-hybridized carbons (Fsp3) is 0.500. The summed E-state index contributed by atoms with van der Waals surface area (Å²) in [6, 6.07) is 5.11. The fourth-order valence-electron chi connectivity index (χ4n) is 1.63. The highest BCUT2D eigenvalue weighted by Gasteiger charge is 2.31. The topological polar surface area (TPSA) is 44.8 Å². The number of hydrogen-bond acceptors (Lipinski definition) is 4. The van der Waals surface area contributed by atoms with Gasteiger partial charge in [-0.1, -0.05) is 12.1 Å². The molecule has 0 N–H and O–H groups in total. The van der Waals surface area contributed by atoms with E-state index in [1.807, 2.05) is 0 Å². The van der Waals surface area contributed by atoms with E-state index in [9.17, 15) is 18.0 Å². The monoisotopic (exact) mass is 306 g/mol. The number of carbonyl (C=O) groups is 1. The first kappa shape index (κ1) is 17.5. The molecule has 0 amide bonds. The lowest BCUT2D eigenvalue weighted by atomic mass is 10.1. The van der Waals surface area contributed by atoms with E-state index in [4.69, 9.17) is 9.47 Å². The smallest absolute Gasteiger partial charge is 0.406 e. The number of ketones is 1. The lowest BCUT2D eigenvalue weighted by molar-refractivity contribution is -0.274. The van der Waals surface area contributed by atoms with Gasteiger partial charge in [-0.05, 0) is 31.5 Å². The van der Waals surface area contributed by atoms with Gasteiger partial charge in [-0.2, -0.15) is 0 Å². The molecule has 0 fully saturated rings. The third-order valence-corrected chi connectivity index (χ3v) is 2.43. The van der Waals surface area contributed by atoms with E-state index in [2.05, 4.69) is 4.74 Å². The van der Waals surface area contributed by atoms with Crippen LogP contribution in [0.3, 0.4) is 0 Å². The SMILES string of the molecule is CCOC(OCC)C(=O)Cc1ccc(OC(F)(F)F)cc1. The second kappa shape index (κ2) is 7.99. The Morgan fingerprint density at radius 3 is 2.05 bits per heavy atom. The van der Waals surface area contributed by atoms with E-state index >= 15 is 0 Å². The second-order valence-electron chi connectivity index (χ2n) is 4.08. The number of alkyl halides is 3. The Morgan fingerprint density at radius 1 is 1.10 bits per heavy atom. The van der Waals surface area contributed by atoms with Crippen molar-refractivity contribution in [2.45, 2.75) is 32.9 Å². The first-order valence-electron chi connectivity index (χ1n) is 6.46. The number of ether oxygens (including phenoxy) is 3.